The van der Waals surface area contributed by atoms with Crippen molar-refractivity contribution < 1.29 is 14.0 Å². The van der Waals surface area contributed by atoms with Gasteiger partial charge in [0.05, 0.1) is 28.2 Å². The minimum absolute atomic E-state index is 0.0323. The van der Waals surface area contributed by atoms with Crippen molar-refractivity contribution in [3.8, 4) is 5.69 Å². The van der Waals surface area contributed by atoms with E-state index in [9.17, 15) is 14.0 Å². The summed E-state index contributed by atoms with van der Waals surface area (Å²) in [5.74, 6) is 0.614. The third-order valence-corrected chi connectivity index (χ3v) is 8.60. The monoisotopic (exact) mass is 593 g/mol. The van der Waals surface area contributed by atoms with Crippen LogP contribution in [0.2, 0.25) is 10.0 Å². The first-order chi connectivity index (χ1) is 19.9. The zero-order valence-electron chi connectivity index (χ0n) is 22.5. The van der Waals surface area contributed by atoms with Crippen LogP contribution < -0.4 is 0 Å². The number of piperazine rings is 1. The van der Waals surface area contributed by atoms with Crippen LogP contribution in [-0.2, 0) is 11.3 Å². The number of likely N-dealkylation sites (tertiary alicyclic amines) is 1. The second-order valence-electron chi connectivity index (χ2n) is 10.6. The Morgan fingerprint density at radius 2 is 1.54 bits per heavy atom. The summed E-state index contributed by atoms with van der Waals surface area (Å²) in [6, 6.07) is 19.3. The van der Waals surface area contributed by atoms with E-state index in [0.717, 1.165) is 48.5 Å². The number of piperidine rings is 1. The highest BCUT2D eigenvalue weighted by atomic mass is 35.5. The van der Waals surface area contributed by atoms with Gasteiger partial charge in [0.15, 0.2) is 0 Å². The number of amides is 2. The first kappa shape index (κ1) is 27.7. The lowest BCUT2D eigenvalue weighted by molar-refractivity contribution is -0.138. The molecule has 2 amide bonds. The van der Waals surface area contributed by atoms with Crippen molar-refractivity contribution in [2.24, 2.45) is 5.92 Å². The van der Waals surface area contributed by atoms with Crippen LogP contribution in [0.3, 0.4) is 0 Å². The molecule has 0 bridgehead atoms. The summed E-state index contributed by atoms with van der Waals surface area (Å²) in [7, 11) is 0. The topological polar surface area (TPSA) is 61.7 Å². The Morgan fingerprint density at radius 3 is 2.24 bits per heavy atom. The molecule has 41 heavy (non-hydrogen) atoms. The minimum atomic E-state index is -0.273. The number of para-hydroxylation sites is 2. The van der Waals surface area contributed by atoms with Gasteiger partial charge in [0.2, 0.25) is 5.91 Å². The molecule has 212 valence electrons. The zero-order valence-corrected chi connectivity index (χ0v) is 24.0. The van der Waals surface area contributed by atoms with Gasteiger partial charge >= 0.3 is 0 Å². The van der Waals surface area contributed by atoms with Crippen molar-refractivity contribution in [3.05, 3.63) is 94.0 Å². The third kappa shape index (κ3) is 5.82. The molecular formula is C31H30Cl2FN5O2. The number of rotatable bonds is 5. The molecule has 2 aliphatic heterocycles. The molecule has 3 aromatic carbocycles. The number of imidazole rings is 1. The summed E-state index contributed by atoms with van der Waals surface area (Å²) >= 11 is 12.2. The maximum atomic E-state index is 13.6. The van der Waals surface area contributed by atoms with Crippen LogP contribution in [0.15, 0.2) is 66.7 Å². The normalized spacial score (nSPS) is 16.9. The highest BCUT2D eigenvalue weighted by molar-refractivity contribution is 6.36. The quantitative estimate of drug-likeness (QED) is 0.299. The number of fused-ring (bicyclic) bond motifs is 1. The first-order valence-corrected chi connectivity index (χ1v) is 14.6. The lowest BCUT2D eigenvalue weighted by atomic mass is 9.95. The Balaban J connectivity index is 1.06. The number of nitrogens with zero attached hydrogens (tertiary/aromatic N) is 5. The van der Waals surface area contributed by atoms with Crippen LogP contribution in [0.5, 0.6) is 0 Å². The smallest absolute Gasteiger partial charge is 0.255 e. The van der Waals surface area contributed by atoms with Gasteiger partial charge in [0.1, 0.15) is 11.6 Å². The predicted molar refractivity (Wildman–Crippen MR) is 158 cm³/mol. The summed E-state index contributed by atoms with van der Waals surface area (Å²) in [5, 5.41) is 0.820. The molecule has 0 N–H and O–H groups in total. The number of carbonyl (C=O) groups is 2. The van der Waals surface area contributed by atoms with Crippen LogP contribution in [0.25, 0.3) is 16.7 Å². The molecule has 7 nitrogen and oxygen atoms in total. The molecule has 0 spiro atoms. The Kier molecular flexibility index (Phi) is 7.97. The summed E-state index contributed by atoms with van der Waals surface area (Å²) in [6.07, 6.45) is 1.55. The van der Waals surface area contributed by atoms with Crippen molar-refractivity contribution in [2.45, 2.75) is 19.4 Å². The van der Waals surface area contributed by atoms with Crippen molar-refractivity contribution in [3.63, 3.8) is 0 Å². The van der Waals surface area contributed by atoms with E-state index in [1.54, 1.807) is 35.2 Å². The fourth-order valence-corrected chi connectivity index (χ4v) is 6.31. The molecule has 10 heteroatoms. The van der Waals surface area contributed by atoms with Crippen molar-refractivity contribution in [1.29, 1.82) is 0 Å². The van der Waals surface area contributed by atoms with Gasteiger partial charge in [-0.2, -0.15) is 0 Å². The molecular weight excluding hydrogens is 564 g/mol. The summed E-state index contributed by atoms with van der Waals surface area (Å²) < 4.78 is 15.7. The van der Waals surface area contributed by atoms with E-state index in [1.165, 1.54) is 12.1 Å². The van der Waals surface area contributed by atoms with Gasteiger partial charge in [0, 0.05) is 42.8 Å². The van der Waals surface area contributed by atoms with E-state index < -0.39 is 0 Å². The van der Waals surface area contributed by atoms with Gasteiger partial charge in [-0.25, -0.2) is 9.37 Å². The van der Waals surface area contributed by atoms with E-state index in [-0.39, 0.29) is 23.5 Å². The molecule has 3 heterocycles. The van der Waals surface area contributed by atoms with Gasteiger partial charge in [-0.1, -0.05) is 35.3 Å². The SMILES string of the molecule is O=C(c1ccc(Cl)cc1Cl)N1CCN(C(=O)C2CCN(Cc3nc4ccccc4n3-c3ccc(F)cc3)CC2)CC1. The molecule has 2 aliphatic rings. The highest BCUT2D eigenvalue weighted by Crippen LogP contribution is 2.27. The Bertz CT molecular complexity index is 1580. The number of hydrogen-bond acceptors (Lipinski definition) is 4. The molecule has 0 unspecified atom stereocenters. The van der Waals surface area contributed by atoms with Crippen LogP contribution in [0.1, 0.15) is 29.0 Å². The number of aromatic nitrogens is 2. The zero-order chi connectivity index (χ0) is 28.5. The lowest BCUT2D eigenvalue weighted by Gasteiger charge is -2.38. The number of halogens is 3. The van der Waals surface area contributed by atoms with Crippen LogP contribution >= 0.6 is 23.2 Å². The standard InChI is InChI=1S/C31H30Cl2FN5O2/c32-22-5-10-25(26(33)19-22)31(41)38-17-15-37(16-18-38)30(40)21-11-13-36(14-12-21)20-29-35-27-3-1-2-4-28(27)39(29)24-8-6-23(34)7-9-24/h1-10,19,21H,11-18,20H2. The number of benzene rings is 3. The molecule has 1 aromatic heterocycles. The van der Waals surface area contributed by atoms with Gasteiger partial charge in [0.25, 0.3) is 5.91 Å². The largest absolute Gasteiger partial charge is 0.339 e. The molecule has 0 atom stereocenters. The maximum absolute atomic E-state index is 13.6. The minimum Gasteiger partial charge on any atom is -0.339 e. The van der Waals surface area contributed by atoms with Crippen LogP contribution in [-0.4, -0.2) is 75.3 Å². The number of carbonyl (C=O) groups excluding carboxylic acids is 2. The second-order valence-corrected chi connectivity index (χ2v) is 11.5. The third-order valence-electron chi connectivity index (χ3n) is 8.06. The Labute approximate surface area is 248 Å². The van der Waals surface area contributed by atoms with Gasteiger partial charge in [-0.3, -0.25) is 19.1 Å². The second kappa shape index (κ2) is 11.8. The average Bonchev–Trinajstić information content (AvgIpc) is 3.35. The van der Waals surface area contributed by atoms with Gasteiger partial charge < -0.3 is 9.80 Å². The van der Waals surface area contributed by atoms with Crippen molar-refractivity contribution in [1.82, 2.24) is 24.3 Å². The molecule has 0 radical (unpaired) electrons. The molecule has 4 aromatic rings. The van der Waals surface area contributed by atoms with E-state index >= 15 is 0 Å². The van der Waals surface area contributed by atoms with Crippen molar-refractivity contribution >= 4 is 46.0 Å². The Hall–Kier alpha value is -3.46. The maximum Gasteiger partial charge on any atom is 0.255 e. The van der Waals surface area contributed by atoms with Crippen LogP contribution in [0, 0.1) is 11.7 Å². The van der Waals surface area contributed by atoms with E-state index in [2.05, 4.69) is 9.47 Å². The fourth-order valence-electron chi connectivity index (χ4n) is 5.82. The van der Waals surface area contributed by atoms with E-state index in [0.29, 0.717) is 48.3 Å². The summed E-state index contributed by atoms with van der Waals surface area (Å²) in [4.78, 5) is 37.2. The van der Waals surface area contributed by atoms with Crippen molar-refractivity contribution in [2.75, 3.05) is 39.3 Å². The molecule has 2 saturated heterocycles. The van der Waals surface area contributed by atoms with Gasteiger partial charge in [-0.15, -0.1) is 0 Å². The van der Waals surface area contributed by atoms with Gasteiger partial charge in [-0.05, 0) is 80.5 Å². The molecule has 0 saturated carbocycles. The van der Waals surface area contributed by atoms with Crippen LogP contribution in [0.4, 0.5) is 4.39 Å². The Morgan fingerprint density at radius 1 is 0.854 bits per heavy atom. The molecule has 2 fully saturated rings. The lowest BCUT2D eigenvalue weighted by Crippen LogP contribution is -2.53. The van der Waals surface area contributed by atoms with E-state index in [1.807, 2.05) is 29.2 Å². The molecule has 0 aliphatic carbocycles. The molecule has 6 rings (SSSR count). The van der Waals surface area contributed by atoms with E-state index in [4.69, 9.17) is 28.2 Å². The average molecular weight is 595 g/mol. The fraction of sp³-hybridized carbons (Fsp3) is 0.323. The first-order valence-electron chi connectivity index (χ1n) is 13.8. The predicted octanol–water partition coefficient (Wildman–Crippen LogP) is 5.67. The summed E-state index contributed by atoms with van der Waals surface area (Å²) in [5.41, 5.74) is 3.18. The number of hydrogen-bond donors (Lipinski definition) is 0. The summed E-state index contributed by atoms with van der Waals surface area (Å²) in [6.45, 7) is 4.19. The highest BCUT2D eigenvalue weighted by Gasteiger charge is 2.32.